The molecule has 0 atom stereocenters. The second kappa shape index (κ2) is 9.07. The zero-order chi connectivity index (χ0) is 21.0. The van der Waals surface area contributed by atoms with E-state index < -0.39 is 10.0 Å². The number of rotatable bonds is 9. The van der Waals surface area contributed by atoms with Crippen LogP contribution in [0.5, 0.6) is 0 Å². The first-order chi connectivity index (χ1) is 13.9. The average Bonchev–Trinajstić information content (AvgIpc) is 3.04. The molecule has 0 unspecified atom stereocenters. The maximum atomic E-state index is 12.5. The highest BCUT2D eigenvalue weighted by Gasteiger charge is 2.20. The van der Waals surface area contributed by atoms with Crippen molar-refractivity contribution in [1.82, 2.24) is 18.8 Å². The number of hydrogen-bond acceptors (Lipinski definition) is 4. The molecular weight excluding hydrogens is 384 g/mol. The first-order valence-electron chi connectivity index (χ1n) is 10.0. The van der Waals surface area contributed by atoms with Crippen molar-refractivity contribution >= 4 is 21.1 Å². The maximum absolute atomic E-state index is 12.5. The van der Waals surface area contributed by atoms with E-state index in [4.69, 9.17) is 4.98 Å². The van der Waals surface area contributed by atoms with Crippen LogP contribution < -0.4 is 0 Å². The van der Waals surface area contributed by atoms with Gasteiger partial charge in [0.05, 0.1) is 22.5 Å². The van der Waals surface area contributed by atoms with Crippen LogP contribution in [-0.4, -0.2) is 47.8 Å². The van der Waals surface area contributed by atoms with Gasteiger partial charge in [-0.1, -0.05) is 44.2 Å². The fraction of sp³-hybridized carbons (Fsp3) is 0.409. The van der Waals surface area contributed by atoms with Crippen LogP contribution in [0, 0.1) is 0 Å². The smallest absolute Gasteiger partial charge is 0.242 e. The summed E-state index contributed by atoms with van der Waals surface area (Å²) in [5.41, 5.74) is 2.98. The Bertz CT molecular complexity index is 1060. The molecular formula is C22H30N4O2S. The molecule has 0 saturated heterocycles. The number of fused-ring (bicyclic) bond motifs is 1. The van der Waals surface area contributed by atoms with Gasteiger partial charge in [0.25, 0.3) is 0 Å². The zero-order valence-corrected chi connectivity index (χ0v) is 18.5. The van der Waals surface area contributed by atoms with Crippen molar-refractivity contribution in [2.45, 2.75) is 44.8 Å². The van der Waals surface area contributed by atoms with E-state index in [1.165, 1.54) is 9.87 Å². The van der Waals surface area contributed by atoms with E-state index in [1.54, 1.807) is 26.2 Å². The fourth-order valence-electron chi connectivity index (χ4n) is 3.45. The topological polar surface area (TPSA) is 58.4 Å². The fourth-order valence-corrected chi connectivity index (χ4v) is 4.37. The van der Waals surface area contributed by atoms with Gasteiger partial charge < -0.3 is 4.57 Å². The van der Waals surface area contributed by atoms with Crippen LogP contribution in [0.4, 0.5) is 0 Å². The molecule has 0 aliphatic rings. The van der Waals surface area contributed by atoms with Gasteiger partial charge in [-0.15, -0.1) is 0 Å². The Hall–Kier alpha value is -2.22. The SMILES string of the molecule is CCCn1c(CN(CC)Cc2ccccc2)nc2cc(S(=O)(=O)N(C)C)ccc21. The molecule has 0 bridgehead atoms. The summed E-state index contributed by atoms with van der Waals surface area (Å²) in [5, 5.41) is 0. The number of nitrogens with zero attached hydrogens (tertiary/aromatic N) is 4. The van der Waals surface area contributed by atoms with Crippen LogP contribution in [-0.2, 0) is 29.7 Å². The monoisotopic (exact) mass is 414 g/mol. The normalized spacial score (nSPS) is 12.3. The minimum absolute atomic E-state index is 0.277. The van der Waals surface area contributed by atoms with Crippen molar-refractivity contribution in [3.8, 4) is 0 Å². The molecule has 1 heterocycles. The molecule has 2 aromatic carbocycles. The van der Waals surface area contributed by atoms with Crippen LogP contribution >= 0.6 is 0 Å². The van der Waals surface area contributed by atoms with Crippen LogP contribution in [0.3, 0.4) is 0 Å². The molecule has 0 saturated carbocycles. The van der Waals surface area contributed by atoms with E-state index in [9.17, 15) is 8.42 Å². The Balaban J connectivity index is 1.96. The van der Waals surface area contributed by atoms with E-state index in [-0.39, 0.29) is 4.90 Å². The molecule has 0 aliphatic heterocycles. The molecule has 0 N–H and O–H groups in total. The molecule has 0 spiro atoms. The summed E-state index contributed by atoms with van der Waals surface area (Å²) >= 11 is 0. The van der Waals surface area contributed by atoms with Crippen LogP contribution in [0.15, 0.2) is 53.4 Å². The van der Waals surface area contributed by atoms with Crippen LogP contribution in [0.1, 0.15) is 31.7 Å². The molecule has 3 aromatic rings. The molecule has 6 nitrogen and oxygen atoms in total. The van der Waals surface area contributed by atoms with Gasteiger partial charge in [0.15, 0.2) is 0 Å². The lowest BCUT2D eigenvalue weighted by atomic mass is 10.2. The third-order valence-electron chi connectivity index (χ3n) is 5.09. The van der Waals surface area contributed by atoms with Crippen LogP contribution in [0.25, 0.3) is 11.0 Å². The Labute approximate surface area is 173 Å². The van der Waals surface area contributed by atoms with Gasteiger partial charge in [0.2, 0.25) is 10.0 Å². The predicted molar refractivity (Wildman–Crippen MR) is 117 cm³/mol. The van der Waals surface area contributed by atoms with E-state index in [1.807, 2.05) is 12.1 Å². The van der Waals surface area contributed by atoms with Gasteiger partial charge in [-0.3, -0.25) is 4.90 Å². The minimum atomic E-state index is -3.48. The standard InChI is InChI=1S/C22H30N4O2S/c1-5-14-26-21-13-12-19(29(27,28)24(3)4)15-20(21)23-22(26)17-25(6-2)16-18-10-8-7-9-11-18/h7-13,15H,5-6,14,16-17H2,1-4H3. The van der Waals surface area contributed by atoms with Crippen molar-refractivity contribution in [2.75, 3.05) is 20.6 Å². The summed E-state index contributed by atoms with van der Waals surface area (Å²) < 4.78 is 28.5. The Kier molecular flexibility index (Phi) is 6.72. The summed E-state index contributed by atoms with van der Waals surface area (Å²) in [5.74, 6) is 0.971. The second-order valence-electron chi connectivity index (χ2n) is 7.41. The number of imidazole rings is 1. The first-order valence-corrected chi connectivity index (χ1v) is 11.5. The van der Waals surface area contributed by atoms with Crippen molar-refractivity contribution in [2.24, 2.45) is 0 Å². The Morgan fingerprint density at radius 1 is 1.00 bits per heavy atom. The summed E-state index contributed by atoms with van der Waals surface area (Å²) in [7, 11) is -0.389. The third-order valence-corrected chi connectivity index (χ3v) is 6.90. The molecule has 29 heavy (non-hydrogen) atoms. The van der Waals surface area contributed by atoms with E-state index in [0.29, 0.717) is 0 Å². The average molecular weight is 415 g/mol. The molecule has 0 fully saturated rings. The molecule has 3 rings (SSSR count). The maximum Gasteiger partial charge on any atom is 0.242 e. The largest absolute Gasteiger partial charge is 0.327 e. The van der Waals surface area contributed by atoms with Gasteiger partial charge in [0.1, 0.15) is 5.82 Å². The molecule has 0 radical (unpaired) electrons. The highest BCUT2D eigenvalue weighted by Crippen LogP contribution is 2.23. The Morgan fingerprint density at radius 3 is 2.34 bits per heavy atom. The summed E-state index contributed by atoms with van der Waals surface area (Å²) in [6, 6.07) is 15.7. The number of hydrogen-bond donors (Lipinski definition) is 0. The summed E-state index contributed by atoms with van der Waals surface area (Å²) in [4.78, 5) is 7.46. The summed E-state index contributed by atoms with van der Waals surface area (Å²) in [6.07, 6.45) is 0.987. The second-order valence-corrected chi connectivity index (χ2v) is 9.56. The minimum Gasteiger partial charge on any atom is -0.327 e. The molecule has 0 amide bonds. The lowest BCUT2D eigenvalue weighted by molar-refractivity contribution is 0.260. The quantitative estimate of drug-likeness (QED) is 0.535. The third kappa shape index (κ3) is 4.69. The van der Waals surface area contributed by atoms with E-state index >= 15 is 0 Å². The van der Waals surface area contributed by atoms with Gasteiger partial charge in [-0.05, 0) is 36.7 Å². The van der Waals surface area contributed by atoms with Crippen molar-refractivity contribution in [3.63, 3.8) is 0 Å². The lowest BCUT2D eigenvalue weighted by Gasteiger charge is -2.21. The predicted octanol–water partition coefficient (Wildman–Crippen LogP) is 3.72. The van der Waals surface area contributed by atoms with Crippen molar-refractivity contribution < 1.29 is 8.42 Å². The van der Waals surface area contributed by atoms with E-state index in [2.05, 4.69) is 47.6 Å². The van der Waals surface area contributed by atoms with Gasteiger partial charge >= 0.3 is 0 Å². The van der Waals surface area contributed by atoms with Crippen molar-refractivity contribution in [1.29, 1.82) is 0 Å². The highest BCUT2D eigenvalue weighted by atomic mass is 32.2. The van der Waals surface area contributed by atoms with E-state index in [0.717, 1.165) is 49.5 Å². The molecule has 156 valence electrons. The van der Waals surface area contributed by atoms with Crippen molar-refractivity contribution in [3.05, 3.63) is 59.9 Å². The van der Waals surface area contributed by atoms with Gasteiger partial charge in [-0.25, -0.2) is 17.7 Å². The Morgan fingerprint density at radius 2 is 1.72 bits per heavy atom. The molecule has 1 aromatic heterocycles. The summed E-state index contributed by atoms with van der Waals surface area (Å²) in [6.45, 7) is 7.63. The van der Waals surface area contributed by atoms with Gasteiger partial charge in [0, 0.05) is 27.2 Å². The number of aromatic nitrogens is 2. The zero-order valence-electron chi connectivity index (χ0n) is 17.7. The van der Waals surface area contributed by atoms with Gasteiger partial charge in [-0.2, -0.15) is 0 Å². The highest BCUT2D eigenvalue weighted by molar-refractivity contribution is 7.89. The van der Waals surface area contributed by atoms with Crippen LogP contribution in [0.2, 0.25) is 0 Å². The number of aryl methyl sites for hydroxylation is 1. The number of sulfonamides is 1. The molecule has 0 aliphatic carbocycles. The molecule has 7 heteroatoms. The first kappa shape index (κ1) is 21.5. The lowest BCUT2D eigenvalue weighted by Crippen LogP contribution is -2.24. The number of benzene rings is 2.